The fraction of sp³-hybridized carbons (Fsp3) is 0.917. The van der Waals surface area contributed by atoms with E-state index in [1.54, 1.807) is 0 Å². The number of carbonyl (C=O) groups excluding carboxylic acids is 1. The lowest BCUT2D eigenvalue weighted by molar-refractivity contribution is -0.139. The fourth-order valence-electron chi connectivity index (χ4n) is 1.88. The van der Waals surface area contributed by atoms with Crippen molar-refractivity contribution >= 4 is 17.5 Å². The van der Waals surface area contributed by atoms with Gasteiger partial charge in [0.05, 0.1) is 12.0 Å². The van der Waals surface area contributed by atoms with Gasteiger partial charge in [-0.15, -0.1) is 11.6 Å². The molecule has 16 heavy (non-hydrogen) atoms. The third-order valence-corrected chi connectivity index (χ3v) is 3.75. The van der Waals surface area contributed by atoms with Crippen molar-refractivity contribution in [2.75, 3.05) is 32.2 Å². The summed E-state index contributed by atoms with van der Waals surface area (Å²) in [7, 11) is 0. The van der Waals surface area contributed by atoms with E-state index in [2.05, 4.69) is 0 Å². The molecule has 1 aliphatic heterocycles. The van der Waals surface area contributed by atoms with E-state index in [-0.39, 0.29) is 5.91 Å². The van der Waals surface area contributed by atoms with Crippen molar-refractivity contribution in [2.24, 2.45) is 11.3 Å². The number of hydrogen-bond acceptors (Lipinski definition) is 2. The number of carbonyl (C=O) groups is 1. The van der Waals surface area contributed by atoms with Crippen LogP contribution in [-0.2, 0) is 9.53 Å². The van der Waals surface area contributed by atoms with E-state index in [4.69, 9.17) is 16.3 Å². The lowest BCUT2D eigenvalue weighted by Crippen LogP contribution is -2.44. The number of rotatable bonds is 5. The zero-order valence-electron chi connectivity index (χ0n) is 10.5. The minimum atomic E-state index is -0.461. The van der Waals surface area contributed by atoms with Crippen molar-refractivity contribution < 1.29 is 9.53 Å². The van der Waals surface area contributed by atoms with Gasteiger partial charge in [-0.3, -0.25) is 4.79 Å². The van der Waals surface area contributed by atoms with Crippen LogP contribution in [0.1, 0.15) is 27.2 Å². The minimum absolute atomic E-state index is 0.150. The molecule has 0 N–H and O–H groups in total. The van der Waals surface area contributed by atoms with Crippen molar-refractivity contribution in [1.29, 1.82) is 0 Å². The first-order chi connectivity index (χ1) is 7.51. The van der Waals surface area contributed by atoms with Gasteiger partial charge in [0.1, 0.15) is 0 Å². The van der Waals surface area contributed by atoms with E-state index >= 15 is 0 Å². The molecule has 1 heterocycles. The van der Waals surface area contributed by atoms with E-state index in [9.17, 15) is 4.79 Å². The molecule has 1 aliphatic rings. The first-order valence-electron chi connectivity index (χ1n) is 5.94. The summed E-state index contributed by atoms with van der Waals surface area (Å²) >= 11 is 5.83. The number of hydrogen-bond donors (Lipinski definition) is 0. The first kappa shape index (κ1) is 13.8. The van der Waals surface area contributed by atoms with E-state index < -0.39 is 5.41 Å². The van der Waals surface area contributed by atoms with Gasteiger partial charge in [-0.25, -0.2) is 0 Å². The number of ether oxygens (including phenoxy) is 1. The molecule has 0 saturated carbocycles. The Morgan fingerprint density at radius 3 is 2.69 bits per heavy atom. The molecule has 4 heteroatoms. The van der Waals surface area contributed by atoms with Gasteiger partial charge < -0.3 is 9.64 Å². The van der Waals surface area contributed by atoms with Gasteiger partial charge in [0.25, 0.3) is 0 Å². The highest BCUT2D eigenvalue weighted by Crippen LogP contribution is 2.22. The molecule has 3 nitrogen and oxygen atoms in total. The van der Waals surface area contributed by atoms with Crippen LogP contribution >= 0.6 is 11.6 Å². The Balaban J connectivity index is 2.55. The highest BCUT2D eigenvalue weighted by molar-refractivity contribution is 6.19. The van der Waals surface area contributed by atoms with E-state index in [0.29, 0.717) is 11.8 Å². The molecular formula is C12H22ClNO2. The molecule has 0 aromatic heterocycles. The van der Waals surface area contributed by atoms with Gasteiger partial charge in [0.2, 0.25) is 5.91 Å². The van der Waals surface area contributed by atoms with Gasteiger partial charge in [0.15, 0.2) is 0 Å². The van der Waals surface area contributed by atoms with E-state index in [0.717, 1.165) is 32.7 Å². The van der Waals surface area contributed by atoms with Crippen LogP contribution in [-0.4, -0.2) is 43.0 Å². The molecule has 1 rings (SSSR count). The highest BCUT2D eigenvalue weighted by Gasteiger charge is 2.32. The second kappa shape index (κ2) is 5.87. The third kappa shape index (κ3) is 3.36. The Morgan fingerprint density at radius 2 is 2.25 bits per heavy atom. The van der Waals surface area contributed by atoms with Crippen molar-refractivity contribution in [3.8, 4) is 0 Å². The van der Waals surface area contributed by atoms with E-state index in [1.165, 1.54) is 0 Å². The molecule has 0 aromatic carbocycles. The maximum Gasteiger partial charge on any atom is 0.229 e. The van der Waals surface area contributed by atoms with Crippen molar-refractivity contribution in [3.63, 3.8) is 0 Å². The largest absolute Gasteiger partial charge is 0.381 e. The molecule has 1 unspecified atom stereocenters. The second-order valence-corrected chi connectivity index (χ2v) is 5.36. The first-order valence-corrected chi connectivity index (χ1v) is 6.47. The van der Waals surface area contributed by atoms with Gasteiger partial charge in [-0.05, 0) is 27.2 Å². The van der Waals surface area contributed by atoms with Crippen LogP contribution in [0.4, 0.5) is 0 Å². The molecule has 0 spiro atoms. The Hall–Kier alpha value is -0.280. The topological polar surface area (TPSA) is 29.5 Å². The molecular weight excluding hydrogens is 226 g/mol. The quantitative estimate of drug-likeness (QED) is 0.697. The lowest BCUT2D eigenvalue weighted by Gasteiger charge is -2.31. The SMILES string of the molecule is CCN(CC1CCOC1)C(=O)C(C)(C)CCl. The second-order valence-electron chi connectivity index (χ2n) is 5.09. The predicted molar refractivity (Wildman–Crippen MR) is 65.7 cm³/mol. The fourth-order valence-corrected chi connectivity index (χ4v) is 1.99. The van der Waals surface area contributed by atoms with Gasteiger partial charge in [-0.1, -0.05) is 0 Å². The van der Waals surface area contributed by atoms with Crippen LogP contribution in [0.3, 0.4) is 0 Å². The predicted octanol–water partition coefficient (Wildman–Crippen LogP) is 2.14. The van der Waals surface area contributed by atoms with Crippen LogP contribution in [0.25, 0.3) is 0 Å². The van der Waals surface area contributed by atoms with Crippen LogP contribution < -0.4 is 0 Å². The summed E-state index contributed by atoms with van der Waals surface area (Å²) in [6.07, 6.45) is 1.06. The summed E-state index contributed by atoms with van der Waals surface area (Å²) in [5.74, 6) is 1.01. The number of alkyl halides is 1. The maximum absolute atomic E-state index is 12.2. The Bertz CT molecular complexity index is 237. The summed E-state index contributed by atoms with van der Waals surface area (Å²) in [6.45, 7) is 8.97. The summed E-state index contributed by atoms with van der Waals surface area (Å²) in [4.78, 5) is 14.1. The normalized spacial score (nSPS) is 21.1. The van der Waals surface area contributed by atoms with Crippen molar-refractivity contribution in [2.45, 2.75) is 27.2 Å². The maximum atomic E-state index is 12.2. The van der Waals surface area contributed by atoms with Gasteiger partial charge >= 0.3 is 0 Å². The van der Waals surface area contributed by atoms with E-state index in [1.807, 2.05) is 25.7 Å². The third-order valence-electron chi connectivity index (χ3n) is 3.08. The van der Waals surface area contributed by atoms with Crippen molar-refractivity contribution in [1.82, 2.24) is 4.90 Å². The van der Waals surface area contributed by atoms with Gasteiger partial charge in [0, 0.05) is 31.5 Å². The Morgan fingerprint density at radius 1 is 1.56 bits per heavy atom. The van der Waals surface area contributed by atoms with Gasteiger partial charge in [-0.2, -0.15) is 0 Å². The smallest absolute Gasteiger partial charge is 0.229 e. The average molecular weight is 248 g/mol. The van der Waals surface area contributed by atoms with Crippen LogP contribution in [0.15, 0.2) is 0 Å². The molecule has 0 bridgehead atoms. The number of nitrogens with zero attached hydrogens (tertiary/aromatic N) is 1. The summed E-state index contributed by atoms with van der Waals surface area (Å²) in [6, 6.07) is 0. The lowest BCUT2D eigenvalue weighted by atomic mass is 9.93. The van der Waals surface area contributed by atoms with Crippen LogP contribution in [0.2, 0.25) is 0 Å². The summed E-state index contributed by atoms with van der Waals surface area (Å²) < 4.78 is 5.33. The average Bonchev–Trinajstić information content (AvgIpc) is 2.77. The number of amides is 1. The Labute approximate surface area is 103 Å². The van der Waals surface area contributed by atoms with Crippen LogP contribution in [0.5, 0.6) is 0 Å². The standard InChI is InChI=1S/C12H22ClNO2/c1-4-14(7-10-5-6-16-8-10)11(15)12(2,3)9-13/h10H,4-9H2,1-3H3. The summed E-state index contributed by atoms with van der Waals surface area (Å²) in [5.41, 5.74) is -0.461. The monoisotopic (exact) mass is 247 g/mol. The number of halogens is 1. The Kier molecular flexibility index (Phi) is 5.06. The molecule has 94 valence electrons. The minimum Gasteiger partial charge on any atom is -0.381 e. The molecule has 1 fully saturated rings. The van der Waals surface area contributed by atoms with Crippen molar-refractivity contribution in [3.05, 3.63) is 0 Å². The summed E-state index contributed by atoms with van der Waals surface area (Å²) in [5, 5.41) is 0. The zero-order chi connectivity index (χ0) is 12.2. The molecule has 0 aromatic rings. The molecule has 1 saturated heterocycles. The molecule has 1 atom stereocenters. The molecule has 0 radical (unpaired) electrons. The zero-order valence-corrected chi connectivity index (χ0v) is 11.2. The molecule has 1 amide bonds. The highest BCUT2D eigenvalue weighted by atomic mass is 35.5. The molecule has 0 aliphatic carbocycles. The van der Waals surface area contributed by atoms with Crippen LogP contribution in [0, 0.1) is 11.3 Å².